The molecule has 1 aliphatic heterocycles. The van der Waals surface area contributed by atoms with E-state index in [2.05, 4.69) is 42.3 Å². The molecule has 116 valence electrons. The Balaban J connectivity index is 1.90. The number of nitrogens with zero attached hydrogens (tertiary/aromatic N) is 1. The van der Waals surface area contributed by atoms with Crippen LogP contribution in [0.3, 0.4) is 0 Å². The molecule has 3 rings (SSSR count). The molecule has 0 amide bonds. The predicted molar refractivity (Wildman–Crippen MR) is 87.4 cm³/mol. The van der Waals surface area contributed by atoms with E-state index in [4.69, 9.17) is 0 Å². The highest BCUT2D eigenvalue weighted by Crippen LogP contribution is 2.42. The molecule has 0 radical (unpaired) electrons. The smallest absolute Gasteiger partial charge is 0.0701 e. The highest BCUT2D eigenvalue weighted by molar-refractivity contribution is 5.23. The first-order valence-corrected chi connectivity index (χ1v) is 8.70. The minimum Gasteiger partial charge on any atom is -0.391 e. The van der Waals surface area contributed by atoms with Gasteiger partial charge in [-0.05, 0) is 50.8 Å². The molecule has 21 heavy (non-hydrogen) atoms. The largest absolute Gasteiger partial charge is 0.391 e. The van der Waals surface area contributed by atoms with Crippen molar-refractivity contribution < 1.29 is 5.11 Å². The lowest BCUT2D eigenvalue weighted by molar-refractivity contribution is -0.00316. The number of hydrogen-bond donors (Lipinski definition) is 1. The fraction of sp³-hybridized carbons (Fsp3) is 0.684. The lowest BCUT2D eigenvalue weighted by Crippen LogP contribution is -2.51. The molecule has 3 atom stereocenters. The van der Waals surface area contributed by atoms with Crippen molar-refractivity contribution in [3.05, 3.63) is 35.9 Å². The zero-order chi connectivity index (χ0) is 14.7. The number of hydrogen-bond acceptors (Lipinski definition) is 2. The third-order valence-electron chi connectivity index (χ3n) is 5.62. The van der Waals surface area contributed by atoms with Gasteiger partial charge in [-0.3, -0.25) is 0 Å². The van der Waals surface area contributed by atoms with Gasteiger partial charge in [0.1, 0.15) is 0 Å². The van der Waals surface area contributed by atoms with E-state index in [0.29, 0.717) is 12.0 Å². The monoisotopic (exact) mass is 287 g/mol. The summed E-state index contributed by atoms with van der Waals surface area (Å²) >= 11 is 0. The fourth-order valence-electron chi connectivity index (χ4n) is 4.59. The van der Waals surface area contributed by atoms with E-state index in [1.165, 1.54) is 37.7 Å². The number of aliphatic hydroxyl groups is 1. The maximum Gasteiger partial charge on any atom is 0.0701 e. The molecule has 0 bridgehead atoms. The summed E-state index contributed by atoms with van der Waals surface area (Å²) in [4.78, 5) is 2.42. The topological polar surface area (TPSA) is 23.5 Å². The van der Waals surface area contributed by atoms with Crippen molar-refractivity contribution in [2.75, 3.05) is 13.6 Å². The average Bonchev–Trinajstić information content (AvgIpc) is 2.53. The quantitative estimate of drug-likeness (QED) is 0.914. The van der Waals surface area contributed by atoms with Gasteiger partial charge in [-0.15, -0.1) is 0 Å². The van der Waals surface area contributed by atoms with Crippen LogP contribution in [0.2, 0.25) is 0 Å². The SMILES string of the molecule is CN1CCC[C@H](O)[C@H]1[C@H](c1ccccc1)C1CCCCC1. The van der Waals surface area contributed by atoms with E-state index in [0.717, 1.165) is 25.3 Å². The van der Waals surface area contributed by atoms with Crippen LogP contribution in [0.4, 0.5) is 0 Å². The van der Waals surface area contributed by atoms with Crippen molar-refractivity contribution in [3.8, 4) is 0 Å². The standard InChI is InChI=1S/C19H29NO/c1-20-14-8-13-17(21)19(20)18(15-9-4-2-5-10-15)16-11-6-3-7-12-16/h2,4-5,9-10,16-19,21H,3,6-8,11-14H2,1H3/t17-,18+,19-/m0/s1. The van der Waals surface area contributed by atoms with E-state index in [9.17, 15) is 5.11 Å². The number of likely N-dealkylation sites (tertiary alicyclic amines) is 1. The van der Waals surface area contributed by atoms with Crippen molar-refractivity contribution in [1.82, 2.24) is 4.90 Å². The Morgan fingerprint density at radius 3 is 2.38 bits per heavy atom. The Bertz CT molecular complexity index is 416. The van der Waals surface area contributed by atoms with Crippen molar-refractivity contribution in [1.29, 1.82) is 0 Å². The van der Waals surface area contributed by atoms with Crippen LogP contribution in [-0.2, 0) is 0 Å². The first-order chi connectivity index (χ1) is 10.3. The number of aliphatic hydroxyl groups excluding tert-OH is 1. The van der Waals surface area contributed by atoms with Crippen LogP contribution in [-0.4, -0.2) is 35.7 Å². The molecule has 0 spiro atoms. The van der Waals surface area contributed by atoms with Crippen molar-refractivity contribution in [2.24, 2.45) is 5.92 Å². The van der Waals surface area contributed by atoms with Gasteiger partial charge in [0.05, 0.1) is 6.10 Å². The highest BCUT2D eigenvalue weighted by atomic mass is 16.3. The first kappa shape index (κ1) is 15.1. The highest BCUT2D eigenvalue weighted by Gasteiger charge is 2.39. The molecule has 1 saturated carbocycles. The Morgan fingerprint density at radius 1 is 1.00 bits per heavy atom. The van der Waals surface area contributed by atoms with E-state index in [-0.39, 0.29) is 6.10 Å². The van der Waals surface area contributed by atoms with Gasteiger partial charge in [0.2, 0.25) is 0 Å². The van der Waals surface area contributed by atoms with Crippen LogP contribution in [0.5, 0.6) is 0 Å². The second-order valence-electron chi connectivity index (χ2n) is 7.02. The third kappa shape index (κ3) is 3.32. The van der Waals surface area contributed by atoms with Gasteiger partial charge >= 0.3 is 0 Å². The average molecular weight is 287 g/mol. The van der Waals surface area contributed by atoms with E-state index in [1.807, 2.05) is 0 Å². The van der Waals surface area contributed by atoms with Gasteiger partial charge in [0.15, 0.2) is 0 Å². The molecule has 1 aromatic carbocycles. The molecule has 2 aliphatic rings. The molecule has 1 saturated heterocycles. The van der Waals surface area contributed by atoms with Crippen LogP contribution in [0.15, 0.2) is 30.3 Å². The summed E-state index contributed by atoms with van der Waals surface area (Å²) in [6.45, 7) is 1.12. The molecule has 0 unspecified atom stereocenters. The molecule has 1 heterocycles. The van der Waals surface area contributed by atoms with Gasteiger partial charge in [-0.25, -0.2) is 0 Å². The molecule has 1 aromatic rings. The van der Waals surface area contributed by atoms with Gasteiger partial charge in [0.25, 0.3) is 0 Å². The first-order valence-electron chi connectivity index (χ1n) is 8.70. The van der Waals surface area contributed by atoms with Crippen molar-refractivity contribution in [2.45, 2.75) is 63.0 Å². The second kappa shape index (κ2) is 6.93. The van der Waals surface area contributed by atoms with Crippen LogP contribution in [0.1, 0.15) is 56.4 Å². The second-order valence-corrected chi connectivity index (χ2v) is 7.02. The summed E-state index contributed by atoms with van der Waals surface area (Å²) in [5, 5.41) is 10.7. The summed E-state index contributed by atoms with van der Waals surface area (Å²) in [6.07, 6.45) is 8.69. The summed E-state index contributed by atoms with van der Waals surface area (Å²) in [5.41, 5.74) is 1.43. The van der Waals surface area contributed by atoms with Gasteiger partial charge in [0, 0.05) is 12.0 Å². The molecule has 2 nitrogen and oxygen atoms in total. The number of piperidine rings is 1. The molecule has 0 aromatic heterocycles. The summed E-state index contributed by atoms with van der Waals surface area (Å²) in [6, 6.07) is 11.2. The lowest BCUT2D eigenvalue weighted by Gasteiger charge is -2.45. The van der Waals surface area contributed by atoms with Crippen LogP contribution < -0.4 is 0 Å². The number of benzene rings is 1. The van der Waals surface area contributed by atoms with E-state index >= 15 is 0 Å². The maximum atomic E-state index is 10.7. The Hall–Kier alpha value is -0.860. The predicted octanol–water partition coefficient (Wildman–Crippen LogP) is 3.81. The summed E-state index contributed by atoms with van der Waals surface area (Å²) < 4.78 is 0. The van der Waals surface area contributed by atoms with E-state index < -0.39 is 0 Å². The maximum absolute atomic E-state index is 10.7. The molecule has 2 fully saturated rings. The molecular formula is C19H29NO. The fourth-order valence-corrected chi connectivity index (χ4v) is 4.59. The Morgan fingerprint density at radius 2 is 1.71 bits per heavy atom. The van der Waals surface area contributed by atoms with E-state index in [1.54, 1.807) is 0 Å². The Kier molecular flexibility index (Phi) is 4.97. The van der Waals surface area contributed by atoms with Crippen LogP contribution >= 0.6 is 0 Å². The third-order valence-corrected chi connectivity index (χ3v) is 5.62. The number of likely N-dealkylation sites (N-methyl/N-ethyl adjacent to an activating group) is 1. The lowest BCUT2D eigenvalue weighted by atomic mass is 9.70. The van der Waals surface area contributed by atoms with Crippen molar-refractivity contribution >= 4 is 0 Å². The van der Waals surface area contributed by atoms with Gasteiger partial charge < -0.3 is 10.0 Å². The molecule has 1 N–H and O–H groups in total. The van der Waals surface area contributed by atoms with Gasteiger partial charge in [-0.1, -0.05) is 49.6 Å². The molecular weight excluding hydrogens is 258 g/mol. The minimum absolute atomic E-state index is 0.170. The van der Waals surface area contributed by atoms with Crippen LogP contribution in [0, 0.1) is 5.92 Å². The number of rotatable bonds is 3. The van der Waals surface area contributed by atoms with Crippen LogP contribution in [0.25, 0.3) is 0 Å². The zero-order valence-electron chi connectivity index (χ0n) is 13.2. The van der Waals surface area contributed by atoms with Gasteiger partial charge in [-0.2, -0.15) is 0 Å². The summed E-state index contributed by atoms with van der Waals surface area (Å²) in [5.74, 6) is 1.23. The Labute approximate surface area is 129 Å². The summed E-state index contributed by atoms with van der Waals surface area (Å²) in [7, 11) is 2.20. The molecule has 1 aliphatic carbocycles. The molecule has 2 heteroatoms. The van der Waals surface area contributed by atoms with Crippen molar-refractivity contribution in [3.63, 3.8) is 0 Å². The minimum atomic E-state index is -0.170. The normalized spacial score (nSPS) is 30.2. The zero-order valence-corrected chi connectivity index (χ0v) is 13.2.